The van der Waals surface area contributed by atoms with Gasteiger partial charge in [0.25, 0.3) is 0 Å². The molecule has 1 amide bonds. The summed E-state index contributed by atoms with van der Waals surface area (Å²) in [6.45, 7) is 0.287. The highest BCUT2D eigenvalue weighted by Crippen LogP contribution is 2.23. The van der Waals surface area contributed by atoms with Gasteiger partial charge in [-0.15, -0.1) is 0 Å². The molecular formula is C14H13NO3. The van der Waals surface area contributed by atoms with Gasteiger partial charge in [0, 0.05) is 6.54 Å². The topological polar surface area (TPSA) is 69.6 Å². The summed E-state index contributed by atoms with van der Waals surface area (Å²) in [6.07, 6.45) is -1.04. The predicted octanol–water partition coefficient (Wildman–Crippen LogP) is 2.83. The van der Waals surface area contributed by atoms with Crippen LogP contribution in [0.3, 0.4) is 0 Å². The first kappa shape index (κ1) is 12.0. The van der Waals surface area contributed by atoms with Crippen LogP contribution >= 0.6 is 0 Å². The summed E-state index contributed by atoms with van der Waals surface area (Å²) < 4.78 is 0. The van der Waals surface area contributed by atoms with Crippen molar-refractivity contribution in [3.8, 4) is 16.9 Å². The highest BCUT2D eigenvalue weighted by Gasteiger charge is 2.00. The van der Waals surface area contributed by atoms with Crippen LogP contribution in [0.5, 0.6) is 5.75 Å². The molecule has 0 aliphatic heterocycles. The molecule has 0 atom stereocenters. The molecule has 4 heteroatoms. The fraction of sp³-hybridized carbons (Fsp3) is 0.0714. The van der Waals surface area contributed by atoms with Gasteiger partial charge >= 0.3 is 6.09 Å². The average molecular weight is 243 g/mol. The Bertz CT molecular complexity index is 549. The third-order valence-corrected chi connectivity index (χ3v) is 2.58. The average Bonchev–Trinajstić information content (AvgIpc) is 2.37. The lowest BCUT2D eigenvalue weighted by molar-refractivity contribution is 0.194. The molecular weight excluding hydrogens is 230 g/mol. The van der Waals surface area contributed by atoms with E-state index in [1.165, 1.54) is 0 Å². The van der Waals surface area contributed by atoms with Gasteiger partial charge < -0.3 is 15.5 Å². The van der Waals surface area contributed by atoms with Crippen molar-refractivity contribution in [1.82, 2.24) is 5.32 Å². The highest BCUT2D eigenvalue weighted by atomic mass is 16.4. The number of phenols is 1. The Hall–Kier alpha value is -2.49. The van der Waals surface area contributed by atoms with E-state index in [9.17, 15) is 9.90 Å². The van der Waals surface area contributed by atoms with Crippen LogP contribution in [0.15, 0.2) is 48.5 Å². The van der Waals surface area contributed by atoms with Crippen LogP contribution in [-0.2, 0) is 6.54 Å². The number of phenolic OH excluding ortho intramolecular Hbond substituents is 1. The molecule has 0 aromatic heterocycles. The molecule has 0 aliphatic rings. The summed E-state index contributed by atoms with van der Waals surface area (Å²) in [5, 5.41) is 20.2. The Morgan fingerprint density at radius 2 is 1.78 bits per heavy atom. The summed E-state index contributed by atoms with van der Waals surface area (Å²) >= 11 is 0. The standard InChI is InChI=1S/C14H13NO3/c16-13-3-1-2-12(8-13)11-6-4-10(5-7-11)9-15-14(17)18/h1-8,15-16H,9H2,(H,17,18). The van der Waals surface area contributed by atoms with Gasteiger partial charge in [0.1, 0.15) is 5.75 Å². The summed E-state index contributed by atoms with van der Waals surface area (Å²) in [6, 6.07) is 14.5. The SMILES string of the molecule is O=C(O)NCc1ccc(-c2cccc(O)c2)cc1. The number of rotatable bonds is 3. The molecule has 0 heterocycles. The number of nitrogens with one attached hydrogen (secondary N) is 1. The maximum absolute atomic E-state index is 10.4. The minimum atomic E-state index is -1.04. The van der Waals surface area contributed by atoms with Gasteiger partial charge in [-0.2, -0.15) is 0 Å². The van der Waals surface area contributed by atoms with E-state index >= 15 is 0 Å². The number of hydrogen-bond acceptors (Lipinski definition) is 2. The van der Waals surface area contributed by atoms with Crippen molar-refractivity contribution in [3.05, 3.63) is 54.1 Å². The lowest BCUT2D eigenvalue weighted by Gasteiger charge is -2.05. The molecule has 4 nitrogen and oxygen atoms in total. The molecule has 0 saturated heterocycles. The lowest BCUT2D eigenvalue weighted by atomic mass is 10.0. The molecule has 92 valence electrons. The first-order valence-electron chi connectivity index (χ1n) is 5.50. The number of amides is 1. The van der Waals surface area contributed by atoms with E-state index in [4.69, 9.17) is 5.11 Å². The van der Waals surface area contributed by atoms with Crippen molar-refractivity contribution in [3.63, 3.8) is 0 Å². The Kier molecular flexibility index (Phi) is 3.48. The second kappa shape index (κ2) is 5.23. The van der Waals surface area contributed by atoms with Crippen LogP contribution in [0.1, 0.15) is 5.56 Å². The van der Waals surface area contributed by atoms with Crippen LogP contribution in [0, 0.1) is 0 Å². The van der Waals surface area contributed by atoms with Gasteiger partial charge in [0.2, 0.25) is 0 Å². The van der Waals surface area contributed by atoms with Gasteiger partial charge in [0.15, 0.2) is 0 Å². The van der Waals surface area contributed by atoms with Crippen molar-refractivity contribution in [2.75, 3.05) is 0 Å². The maximum atomic E-state index is 10.4. The fourth-order valence-electron chi connectivity index (χ4n) is 1.68. The Balaban J connectivity index is 2.14. The van der Waals surface area contributed by atoms with Crippen LogP contribution in [-0.4, -0.2) is 16.3 Å². The molecule has 18 heavy (non-hydrogen) atoms. The highest BCUT2D eigenvalue weighted by molar-refractivity contribution is 5.66. The van der Waals surface area contributed by atoms with Crippen molar-refractivity contribution < 1.29 is 15.0 Å². The van der Waals surface area contributed by atoms with Crippen LogP contribution < -0.4 is 5.32 Å². The minimum Gasteiger partial charge on any atom is -0.508 e. The number of benzene rings is 2. The van der Waals surface area contributed by atoms with E-state index in [-0.39, 0.29) is 12.3 Å². The third-order valence-electron chi connectivity index (χ3n) is 2.58. The number of carboxylic acid groups (broad SMARTS) is 1. The molecule has 0 bridgehead atoms. The van der Waals surface area contributed by atoms with Crippen molar-refractivity contribution in [2.24, 2.45) is 0 Å². The Morgan fingerprint density at radius 1 is 1.06 bits per heavy atom. The first-order valence-corrected chi connectivity index (χ1v) is 5.50. The molecule has 0 spiro atoms. The van der Waals surface area contributed by atoms with Gasteiger partial charge in [-0.1, -0.05) is 36.4 Å². The molecule has 2 aromatic carbocycles. The number of aromatic hydroxyl groups is 1. The maximum Gasteiger partial charge on any atom is 0.404 e. The summed E-state index contributed by atoms with van der Waals surface area (Å²) in [7, 11) is 0. The smallest absolute Gasteiger partial charge is 0.404 e. The van der Waals surface area contributed by atoms with Crippen molar-refractivity contribution in [1.29, 1.82) is 0 Å². The van der Waals surface area contributed by atoms with Gasteiger partial charge in [-0.05, 0) is 28.8 Å². The van der Waals surface area contributed by atoms with Gasteiger partial charge in [-0.3, -0.25) is 0 Å². The molecule has 0 saturated carbocycles. The largest absolute Gasteiger partial charge is 0.508 e. The molecule has 2 aromatic rings. The Morgan fingerprint density at radius 3 is 2.39 bits per heavy atom. The monoisotopic (exact) mass is 243 g/mol. The predicted molar refractivity (Wildman–Crippen MR) is 68.4 cm³/mol. The molecule has 0 unspecified atom stereocenters. The van der Waals surface area contributed by atoms with Crippen LogP contribution in [0.25, 0.3) is 11.1 Å². The summed E-state index contributed by atoms with van der Waals surface area (Å²) in [5.41, 5.74) is 2.79. The molecule has 2 rings (SSSR count). The van der Waals surface area contributed by atoms with Gasteiger partial charge in [0.05, 0.1) is 0 Å². The van der Waals surface area contributed by atoms with E-state index in [0.29, 0.717) is 0 Å². The van der Waals surface area contributed by atoms with Crippen molar-refractivity contribution in [2.45, 2.75) is 6.54 Å². The van der Waals surface area contributed by atoms with E-state index in [2.05, 4.69) is 5.32 Å². The second-order valence-corrected chi connectivity index (χ2v) is 3.91. The molecule has 0 fully saturated rings. The van der Waals surface area contributed by atoms with Crippen LogP contribution in [0.2, 0.25) is 0 Å². The lowest BCUT2D eigenvalue weighted by Crippen LogP contribution is -2.19. The van der Waals surface area contributed by atoms with Gasteiger partial charge in [-0.25, -0.2) is 4.79 Å². The fourth-order valence-corrected chi connectivity index (χ4v) is 1.68. The molecule has 0 radical (unpaired) electrons. The van der Waals surface area contributed by atoms with Crippen molar-refractivity contribution >= 4 is 6.09 Å². The van der Waals surface area contributed by atoms with E-state index in [1.54, 1.807) is 18.2 Å². The minimum absolute atomic E-state index is 0.226. The zero-order chi connectivity index (χ0) is 13.0. The number of carbonyl (C=O) groups is 1. The quantitative estimate of drug-likeness (QED) is 0.776. The van der Waals surface area contributed by atoms with E-state index < -0.39 is 6.09 Å². The normalized spacial score (nSPS) is 10.0. The second-order valence-electron chi connectivity index (χ2n) is 3.91. The third kappa shape index (κ3) is 3.01. The molecule has 0 aliphatic carbocycles. The Labute approximate surface area is 105 Å². The summed E-state index contributed by atoms with van der Waals surface area (Å²) in [5.74, 6) is 0.226. The first-order chi connectivity index (χ1) is 8.65. The summed E-state index contributed by atoms with van der Waals surface area (Å²) in [4.78, 5) is 10.4. The van der Waals surface area contributed by atoms with E-state index in [0.717, 1.165) is 16.7 Å². The zero-order valence-corrected chi connectivity index (χ0v) is 9.63. The van der Waals surface area contributed by atoms with Crippen LogP contribution in [0.4, 0.5) is 4.79 Å². The van der Waals surface area contributed by atoms with E-state index in [1.807, 2.05) is 30.3 Å². The molecule has 3 N–H and O–H groups in total. The zero-order valence-electron chi connectivity index (χ0n) is 9.63. The number of hydrogen-bond donors (Lipinski definition) is 3.